The van der Waals surface area contributed by atoms with Gasteiger partial charge in [-0.15, -0.1) is 0 Å². The summed E-state index contributed by atoms with van der Waals surface area (Å²) in [5.41, 5.74) is 16.4. The number of hydrogen-bond acceptors (Lipinski definition) is 9. The maximum Gasteiger partial charge on any atom is 0.245 e. The summed E-state index contributed by atoms with van der Waals surface area (Å²) in [6.45, 7) is 3.91. The summed E-state index contributed by atoms with van der Waals surface area (Å²) in [5, 5.41) is 28.4. The predicted octanol–water partition coefficient (Wildman–Crippen LogP) is -4.44. The predicted molar refractivity (Wildman–Crippen MR) is 131 cm³/mol. The number of nitrogens with two attached hydrogens (primary N) is 3. The van der Waals surface area contributed by atoms with Gasteiger partial charge in [0.2, 0.25) is 23.6 Å². The average molecular weight is 517 g/mol. The lowest BCUT2D eigenvalue weighted by molar-refractivity contribution is -0.135. The number of aliphatic hydroxyl groups is 2. The molecule has 0 aromatic rings. The molecule has 0 radical (unpaired) electrons. The summed E-state index contributed by atoms with van der Waals surface area (Å²) in [7, 11) is 0. The minimum Gasteiger partial charge on any atom is -0.394 e. The van der Waals surface area contributed by atoms with Crippen LogP contribution in [0.15, 0.2) is 4.99 Å². The van der Waals surface area contributed by atoms with Crippen molar-refractivity contribution >= 4 is 35.9 Å². The Morgan fingerprint density at radius 2 is 1.61 bits per heavy atom. The van der Waals surface area contributed by atoms with E-state index in [9.17, 15) is 29.1 Å². The van der Waals surface area contributed by atoms with Crippen LogP contribution in [0.3, 0.4) is 0 Å². The van der Waals surface area contributed by atoms with Gasteiger partial charge in [0.1, 0.15) is 24.4 Å². The first-order chi connectivity index (χ1) is 16.9. The van der Waals surface area contributed by atoms with Gasteiger partial charge in [-0.25, -0.2) is 0 Å². The van der Waals surface area contributed by atoms with E-state index in [1.807, 2.05) is 6.92 Å². The Kier molecular flexibility index (Phi) is 15.6. The van der Waals surface area contributed by atoms with Crippen molar-refractivity contribution in [3.8, 4) is 0 Å². The number of nitrogens with one attached hydrogen (secondary N) is 4. The number of aldehydes is 1. The molecule has 206 valence electrons. The van der Waals surface area contributed by atoms with Crippen molar-refractivity contribution in [1.29, 1.82) is 0 Å². The Morgan fingerprint density at radius 1 is 1.00 bits per heavy atom. The standard InChI is InChI=1S/C21H40N8O7/c1-4-11(2)16(28-18(34)14(22)6-5-7-25-21(23)24)20(36)29-17(12(3)32)19(35)26-8-15(33)27-13(9-30)10-31/h9,11-14,16-17,31-32H,4-8,10,22H2,1-3H3,(H,26,35)(H,27,33)(H,28,34)(H,29,36)(H4,23,24,25)/t11-,12-,13+,14+,16-,17-/m0/s1. The van der Waals surface area contributed by atoms with Crippen molar-refractivity contribution in [2.45, 2.75) is 70.3 Å². The van der Waals surface area contributed by atoms with Crippen LogP contribution in [0.2, 0.25) is 0 Å². The van der Waals surface area contributed by atoms with Crippen LogP contribution < -0.4 is 38.5 Å². The minimum atomic E-state index is -1.44. The first-order valence-electron chi connectivity index (χ1n) is 11.6. The number of nitrogens with zero attached hydrogens (tertiary/aromatic N) is 1. The SMILES string of the molecule is CC[C@H](C)[C@H](NC(=O)[C@H](N)CCCN=C(N)N)C(=O)N[C@H](C(=O)NCC(=O)N[C@H](C=O)CO)[C@H](C)O. The highest BCUT2D eigenvalue weighted by Crippen LogP contribution is 2.10. The number of hydrogen-bond donors (Lipinski definition) is 9. The summed E-state index contributed by atoms with van der Waals surface area (Å²) in [6, 6.07) is -4.55. The third kappa shape index (κ3) is 12.4. The van der Waals surface area contributed by atoms with Crippen LogP contribution in [0.1, 0.15) is 40.0 Å². The van der Waals surface area contributed by atoms with E-state index in [-0.39, 0.29) is 24.8 Å². The van der Waals surface area contributed by atoms with E-state index in [2.05, 4.69) is 26.3 Å². The molecule has 15 nitrogen and oxygen atoms in total. The zero-order valence-corrected chi connectivity index (χ0v) is 20.9. The van der Waals surface area contributed by atoms with Crippen LogP contribution in [0.4, 0.5) is 0 Å². The molecule has 6 atom stereocenters. The van der Waals surface area contributed by atoms with Crippen LogP contribution in [-0.2, 0) is 24.0 Å². The molecular formula is C21H40N8O7. The van der Waals surface area contributed by atoms with Crippen molar-refractivity contribution in [3.05, 3.63) is 0 Å². The number of carbonyl (C=O) groups is 5. The van der Waals surface area contributed by atoms with Gasteiger partial charge in [-0.3, -0.25) is 24.2 Å². The molecule has 0 saturated heterocycles. The minimum absolute atomic E-state index is 0.0748. The summed E-state index contributed by atoms with van der Waals surface area (Å²) >= 11 is 0. The molecule has 12 N–H and O–H groups in total. The largest absolute Gasteiger partial charge is 0.394 e. The molecule has 0 aliphatic rings. The van der Waals surface area contributed by atoms with Gasteiger partial charge < -0.3 is 53.5 Å². The Labute approximate surface area is 210 Å². The molecule has 0 bridgehead atoms. The highest BCUT2D eigenvalue weighted by atomic mass is 16.3. The molecule has 36 heavy (non-hydrogen) atoms. The lowest BCUT2D eigenvalue weighted by Gasteiger charge is -2.28. The van der Waals surface area contributed by atoms with E-state index in [1.54, 1.807) is 6.92 Å². The van der Waals surface area contributed by atoms with Crippen molar-refractivity contribution in [1.82, 2.24) is 21.3 Å². The highest BCUT2D eigenvalue weighted by Gasteiger charge is 2.33. The molecule has 4 amide bonds. The molecule has 0 aliphatic heterocycles. The van der Waals surface area contributed by atoms with Gasteiger partial charge in [-0.05, 0) is 25.7 Å². The maximum atomic E-state index is 13.0. The van der Waals surface area contributed by atoms with Crippen LogP contribution in [0.25, 0.3) is 0 Å². The van der Waals surface area contributed by atoms with Crippen LogP contribution in [-0.4, -0.2) is 96.1 Å². The highest BCUT2D eigenvalue weighted by molar-refractivity contribution is 5.94. The molecule has 0 spiro atoms. The molecule has 0 rings (SSSR count). The zero-order chi connectivity index (χ0) is 27.8. The first-order valence-corrected chi connectivity index (χ1v) is 11.6. The summed E-state index contributed by atoms with van der Waals surface area (Å²) in [6.07, 6.45) is 0.198. The van der Waals surface area contributed by atoms with Crippen LogP contribution >= 0.6 is 0 Å². The molecule has 0 heterocycles. The summed E-state index contributed by atoms with van der Waals surface area (Å²) < 4.78 is 0. The second-order valence-corrected chi connectivity index (χ2v) is 8.36. The molecule has 0 aromatic carbocycles. The van der Waals surface area contributed by atoms with Gasteiger partial charge in [0, 0.05) is 6.54 Å². The Hall–Kier alpha value is -3.30. The maximum absolute atomic E-state index is 13.0. The van der Waals surface area contributed by atoms with Gasteiger partial charge in [0.05, 0.1) is 25.3 Å². The van der Waals surface area contributed by atoms with E-state index < -0.39 is 67.1 Å². The fraction of sp³-hybridized carbons (Fsp3) is 0.714. The van der Waals surface area contributed by atoms with E-state index in [1.165, 1.54) is 6.92 Å². The molecular weight excluding hydrogens is 476 g/mol. The third-order valence-electron chi connectivity index (χ3n) is 5.29. The average Bonchev–Trinajstić information content (AvgIpc) is 2.83. The molecule has 0 aliphatic carbocycles. The third-order valence-corrected chi connectivity index (χ3v) is 5.29. The van der Waals surface area contributed by atoms with Crippen molar-refractivity contribution in [3.63, 3.8) is 0 Å². The Bertz CT molecular complexity index is 773. The van der Waals surface area contributed by atoms with Gasteiger partial charge >= 0.3 is 0 Å². The van der Waals surface area contributed by atoms with Crippen molar-refractivity contribution < 1.29 is 34.2 Å². The van der Waals surface area contributed by atoms with E-state index >= 15 is 0 Å². The van der Waals surface area contributed by atoms with E-state index in [0.717, 1.165) is 0 Å². The topological polar surface area (TPSA) is 264 Å². The normalized spacial score (nSPS) is 15.7. The number of aliphatic imine (C=N–C) groups is 1. The van der Waals surface area contributed by atoms with Gasteiger partial charge in [0.25, 0.3) is 0 Å². The van der Waals surface area contributed by atoms with Gasteiger partial charge in [-0.2, -0.15) is 0 Å². The fourth-order valence-electron chi connectivity index (χ4n) is 2.92. The quantitative estimate of drug-likeness (QED) is 0.0387. The molecule has 0 fully saturated rings. The lowest BCUT2D eigenvalue weighted by atomic mass is 9.97. The number of aliphatic hydroxyl groups excluding tert-OH is 2. The fourth-order valence-corrected chi connectivity index (χ4v) is 2.92. The molecule has 15 heteroatoms. The molecule has 0 unspecified atom stereocenters. The number of guanidine groups is 1. The second-order valence-electron chi connectivity index (χ2n) is 8.36. The monoisotopic (exact) mass is 516 g/mol. The van der Waals surface area contributed by atoms with Crippen LogP contribution in [0, 0.1) is 5.92 Å². The smallest absolute Gasteiger partial charge is 0.245 e. The van der Waals surface area contributed by atoms with Gasteiger partial charge in [-0.1, -0.05) is 20.3 Å². The van der Waals surface area contributed by atoms with Crippen molar-refractivity contribution in [2.75, 3.05) is 19.7 Å². The summed E-state index contributed by atoms with van der Waals surface area (Å²) in [5.74, 6) is -3.35. The Morgan fingerprint density at radius 3 is 2.11 bits per heavy atom. The van der Waals surface area contributed by atoms with E-state index in [0.29, 0.717) is 19.1 Å². The first kappa shape index (κ1) is 32.7. The lowest BCUT2D eigenvalue weighted by Crippen LogP contribution is -2.60. The van der Waals surface area contributed by atoms with Crippen molar-refractivity contribution in [2.24, 2.45) is 28.1 Å². The number of rotatable bonds is 17. The van der Waals surface area contributed by atoms with Gasteiger partial charge in [0.15, 0.2) is 5.96 Å². The second kappa shape index (κ2) is 17.2. The number of amides is 4. The number of carbonyl (C=O) groups excluding carboxylic acids is 5. The van der Waals surface area contributed by atoms with Crippen LogP contribution in [0.5, 0.6) is 0 Å². The summed E-state index contributed by atoms with van der Waals surface area (Å²) in [4.78, 5) is 64.4. The zero-order valence-electron chi connectivity index (χ0n) is 20.9. The molecule has 0 saturated carbocycles. The molecule has 0 aromatic heterocycles. The Balaban J connectivity index is 5.17. The van der Waals surface area contributed by atoms with E-state index in [4.69, 9.17) is 22.3 Å².